The zero-order valence-corrected chi connectivity index (χ0v) is 13.9. The maximum absolute atomic E-state index is 9.47. The molecule has 2 aromatic carbocycles. The number of para-hydroxylation sites is 2. The predicted octanol–water partition coefficient (Wildman–Crippen LogP) is -1.38. The third-order valence-corrected chi connectivity index (χ3v) is 4.02. The van der Waals surface area contributed by atoms with Crippen LogP contribution in [0.1, 0.15) is 0 Å². The quantitative estimate of drug-likeness (QED) is 0.469. The molecule has 0 atom stereocenters. The van der Waals surface area contributed by atoms with E-state index in [1.54, 1.807) is 24.3 Å². The fourth-order valence-corrected chi connectivity index (χ4v) is 2.65. The van der Waals surface area contributed by atoms with Crippen molar-refractivity contribution in [1.29, 1.82) is 0 Å². The Kier molecular flexibility index (Phi) is 6.28. The van der Waals surface area contributed by atoms with Crippen LogP contribution in [0.5, 0.6) is 0 Å². The predicted molar refractivity (Wildman–Crippen MR) is 99.1 cm³/mol. The molecule has 0 fully saturated rings. The average molecular weight is 328 g/mol. The minimum atomic E-state index is -1.52. The van der Waals surface area contributed by atoms with E-state index in [9.17, 15) is 20.1 Å². The van der Waals surface area contributed by atoms with E-state index in [1.165, 1.54) is 0 Å². The third kappa shape index (κ3) is 4.30. The molecule has 0 heterocycles. The lowest BCUT2D eigenvalue weighted by molar-refractivity contribution is 0.424. The van der Waals surface area contributed by atoms with Gasteiger partial charge in [-0.3, -0.25) is 0 Å². The van der Waals surface area contributed by atoms with Crippen LogP contribution < -0.4 is 20.7 Å². The van der Waals surface area contributed by atoms with Gasteiger partial charge in [-0.25, -0.2) is 0 Å². The van der Waals surface area contributed by atoms with Gasteiger partial charge in [-0.15, -0.1) is 0 Å². The summed E-state index contributed by atoms with van der Waals surface area (Å²) < 4.78 is 0. The Hall–Kier alpha value is -1.99. The van der Waals surface area contributed by atoms with Crippen LogP contribution in [0, 0.1) is 0 Å². The molecule has 0 spiro atoms. The van der Waals surface area contributed by atoms with Gasteiger partial charge >= 0.3 is 14.2 Å². The van der Waals surface area contributed by atoms with Gasteiger partial charge in [-0.05, 0) is 12.1 Å². The zero-order valence-electron chi connectivity index (χ0n) is 13.9. The first-order valence-corrected chi connectivity index (χ1v) is 7.74. The number of benzene rings is 2. The fourth-order valence-electron chi connectivity index (χ4n) is 2.65. The highest BCUT2D eigenvalue weighted by Gasteiger charge is 2.19. The van der Waals surface area contributed by atoms with Crippen molar-refractivity contribution in [2.75, 3.05) is 37.0 Å². The SMILES string of the molecule is CN(CCN(C)c1ccccc1B(O)O)c1ccccc1B(O)O. The van der Waals surface area contributed by atoms with Crippen molar-refractivity contribution in [2.45, 2.75) is 0 Å². The first-order valence-electron chi connectivity index (χ1n) is 7.74. The second-order valence-electron chi connectivity index (χ2n) is 5.71. The maximum Gasteiger partial charge on any atom is 0.490 e. The summed E-state index contributed by atoms with van der Waals surface area (Å²) in [6, 6.07) is 14.2. The van der Waals surface area contributed by atoms with Crippen LogP contribution in [-0.2, 0) is 0 Å². The van der Waals surface area contributed by atoms with Crippen molar-refractivity contribution in [1.82, 2.24) is 0 Å². The highest BCUT2D eigenvalue weighted by molar-refractivity contribution is 6.61. The number of rotatable bonds is 7. The molecule has 8 heteroatoms. The van der Waals surface area contributed by atoms with Crippen molar-refractivity contribution in [3.63, 3.8) is 0 Å². The van der Waals surface area contributed by atoms with Gasteiger partial charge in [0.15, 0.2) is 0 Å². The van der Waals surface area contributed by atoms with Crippen molar-refractivity contribution in [3.8, 4) is 0 Å². The monoisotopic (exact) mass is 328 g/mol. The van der Waals surface area contributed by atoms with E-state index in [4.69, 9.17) is 0 Å². The first kappa shape index (κ1) is 18.3. The van der Waals surface area contributed by atoms with Gasteiger partial charge in [0, 0.05) is 49.5 Å². The molecule has 4 N–H and O–H groups in total. The second-order valence-corrected chi connectivity index (χ2v) is 5.71. The molecule has 2 aromatic rings. The summed E-state index contributed by atoms with van der Waals surface area (Å²) in [5.41, 5.74) is 2.40. The summed E-state index contributed by atoms with van der Waals surface area (Å²) in [6.07, 6.45) is 0. The molecule has 0 aromatic heterocycles. The van der Waals surface area contributed by atoms with Gasteiger partial charge < -0.3 is 29.9 Å². The van der Waals surface area contributed by atoms with Crippen molar-refractivity contribution in [3.05, 3.63) is 48.5 Å². The lowest BCUT2D eigenvalue weighted by atomic mass is 9.78. The van der Waals surface area contributed by atoms with E-state index in [0.29, 0.717) is 24.0 Å². The summed E-state index contributed by atoms with van der Waals surface area (Å²) >= 11 is 0. The van der Waals surface area contributed by atoms with Crippen molar-refractivity contribution >= 4 is 36.5 Å². The van der Waals surface area contributed by atoms with E-state index in [2.05, 4.69) is 0 Å². The summed E-state index contributed by atoms with van der Waals surface area (Å²) in [6.45, 7) is 1.24. The normalized spacial score (nSPS) is 10.4. The fraction of sp³-hybridized carbons (Fsp3) is 0.250. The van der Waals surface area contributed by atoms with E-state index >= 15 is 0 Å². The molecule has 0 aliphatic carbocycles. The zero-order chi connectivity index (χ0) is 17.7. The maximum atomic E-state index is 9.47. The lowest BCUT2D eigenvalue weighted by Crippen LogP contribution is -2.40. The summed E-state index contributed by atoms with van der Waals surface area (Å²) in [4.78, 5) is 3.87. The largest absolute Gasteiger partial charge is 0.490 e. The molecular formula is C16H22B2N2O4. The van der Waals surface area contributed by atoms with Crippen LogP contribution in [0.4, 0.5) is 11.4 Å². The molecule has 126 valence electrons. The summed E-state index contributed by atoms with van der Waals surface area (Å²) in [5, 5.41) is 37.9. The van der Waals surface area contributed by atoms with Crippen LogP contribution in [0.15, 0.2) is 48.5 Å². The Bertz CT molecular complexity index is 613. The standard InChI is InChI=1S/C16H22B2N2O4/c1-19(15-9-5-3-7-13(15)17(21)22)11-12-20(2)16-10-6-4-8-14(16)18(23)24/h3-10,21-24H,11-12H2,1-2H3. The highest BCUT2D eigenvalue weighted by atomic mass is 16.4. The van der Waals surface area contributed by atoms with Crippen LogP contribution >= 0.6 is 0 Å². The average Bonchev–Trinajstić information content (AvgIpc) is 2.59. The van der Waals surface area contributed by atoms with E-state index in [-0.39, 0.29) is 0 Å². The molecular weight excluding hydrogens is 306 g/mol. The van der Waals surface area contributed by atoms with E-state index < -0.39 is 14.2 Å². The topological polar surface area (TPSA) is 87.4 Å². The highest BCUT2D eigenvalue weighted by Crippen LogP contribution is 2.12. The molecule has 0 aliphatic rings. The third-order valence-electron chi connectivity index (χ3n) is 4.02. The van der Waals surface area contributed by atoms with Crippen molar-refractivity contribution in [2.24, 2.45) is 0 Å². The summed E-state index contributed by atoms with van der Waals surface area (Å²) in [7, 11) is 0.710. The molecule has 24 heavy (non-hydrogen) atoms. The Labute approximate surface area is 142 Å². The Balaban J connectivity index is 2.08. The first-order chi connectivity index (χ1) is 11.4. The molecule has 0 saturated carbocycles. The van der Waals surface area contributed by atoms with Gasteiger partial charge in [0.25, 0.3) is 0 Å². The van der Waals surface area contributed by atoms with Gasteiger partial charge in [0.05, 0.1) is 0 Å². The molecule has 0 saturated heterocycles. The molecule has 0 aliphatic heterocycles. The summed E-state index contributed by atoms with van der Waals surface area (Å²) in [5.74, 6) is 0. The number of hydrogen-bond acceptors (Lipinski definition) is 6. The lowest BCUT2D eigenvalue weighted by Gasteiger charge is -2.27. The molecule has 0 unspecified atom stereocenters. The number of likely N-dealkylation sites (N-methyl/N-ethyl adjacent to an activating group) is 2. The van der Waals surface area contributed by atoms with Crippen LogP contribution in [0.25, 0.3) is 0 Å². The van der Waals surface area contributed by atoms with Gasteiger partial charge in [-0.2, -0.15) is 0 Å². The number of hydrogen-bond donors (Lipinski definition) is 4. The van der Waals surface area contributed by atoms with Gasteiger partial charge in [0.2, 0.25) is 0 Å². The van der Waals surface area contributed by atoms with Gasteiger partial charge in [0.1, 0.15) is 0 Å². The Morgan fingerprint density at radius 1 is 0.667 bits per heavy atom. The van der Waals surface area contributed by atoms with E-state index in [0.717, 1.165) is 11.4 Å². The van der Waals surface area contributed by atoms with E-state index in [1.807, 2.05) is 48.2 Å². The molecule has 0 radical (unpaired) electrons. The Morgan fingerprint density at radius 3 is 1.33 bits per heavy atom. The van der Waals surface area contributed by atoms with Gasteiger partial charge in [-0.1, -0.05) is 36.4 Å². The smallest absolute Gasteiger partial charge is 0.423 e. The minimum Gasteiger partial charge on any atom is -0.423 e. The van der Waals surface area contributed by atoms with Crippen LogP contribution in [-0.4, -0.2) is 61.5 Å². The number of anilines is 2. The van der Waals surface area contributed by atoms with Crippen LogP contribution in [0.2, 0.25) is 0 Å². The van der Waals surface area contributed by atoms with Crippen molar-refractivity contribution < 1.29 is 20.1 Å². The van der Waals surface area contributed by atoms with Crippen LogP contribution in [0.3, 0.4) is 0 Å². The second kappa shape index (κ2) is 8.21. The molecule has 0 amide bonds. The molecule has 6 nitrogen and oxygen atoms in total. The number of nitrogens with zero attached hydrogens (tertiary/aromatic N) is 2. The molecule has 2 rings (SSSR count). The Morgan fingerprint density at radius 2 is 1.00 bits per heavy atom. The molecule has 0 bridgehead atoms. The minimum absolute atomic E-state index is 0.453.